The molecule has 3 heteroatoms. The molecule has 1 aliphatic rings. The number of halogens is 1. The van der Waals surface area contributed by atoms with Crippen LogP contribution in [0, 0.1) is 0 Å². The summed E-state index contributed by atoms with van der Waals surface area (Å²) in [4.78, 5) is 1.33. The van der Waals surface area contributed by atoms with E-state index in [1.165, 1.54) is 16.1 Å². The fraction of sp³-hybridized carbons (Fsp3) is 0.231. The summed E-state index contributed by atoms with van der Waals surface area (Å²) in [6.45, 7) is 0. The molecule has 0 saturated carbocycles. The van der Waals surface area contributed by atoms with Crippen LogP contribution < -0.4 is 5.32 Å². The van der Waals surface area contributed by atoms with E-state index in [9.17, 15) is 0 Å². The van der Waals surface area contributed by atoms with E-state index in [4.69, 9.17) is 11.6 Å². The Labute approximate surface area is 104 Å². The van der Waals surface area contributed by atoms with Gasteiger partial charge in [-0.3, -0.25) is 0 Å². The summed E-state index contributed by atoms with van der Waals surface area (Å²) in [5.74, 6) is 0. The number of hydrogen-bond acceptors (Lipinski definition) is 2. The second-order valence-corrected chi connectivity index (χ2v) is 5.78. The molecule has 82 valence electrons. The van der Waals surface area contributed by atoms with Crippen molar-refractivity contribution in [3.63, 3.8) is 0 Å². The van der Waals surface area contributed by atoms with E-state index in [1.807, 2.05) is 6.07 Å². The molecule has 1 aromatic heterocycles. The molecule has 1 aromatic carbocycles. The highest BCUT2D eigenvalue weighted by Gasteiger charge is 2.19. The average Bonchev–Trinajstić information content (AvgIpc) is 2.75. The first kappa shape index (κ1) is 10.2. The maximum absolute atomic E-state index is 5.97. The van der Waals surface area contributed by atoms with Gasteiger partial charge in [-0.05, 0) is 36.6 Å². The predicted molar refractivity (Wildman–Crippen MR) is 70.5 cm³/mol. The Kier molecular flexibility index (Phi) is 2.62. The first-order valence-corrected chi connectivity index (χ1v) is 6.62. The molecule has 1 aliphatic heterocycles. The Morgan fingerprint density at radius 3 is 2.88 bits per heavy atom. The second-order valence-electron chi connectivity index (χ2n) is 4.03. The summed E-state index contributed by atoms with van der Waals surface area (Å²) < 4.78 is 0.871. The van der Waals surface area contributed by atoms with Gasteiger partial charge in [0.15, 0.2) is 0 Å². The number of rotatable bonds is 1. The second kappa shape index (κ2) is 4.11. The fourth-order valence-corrected chi connectivity index (χ4v) is 3.31. The molecule has 0 saturated heterocycles. The first-order valence-electron chi connectivity index (χ1n) is 5.42. The molecule has 3 rings (SSSR count). The molecule has 0 amide bonds. The average molecular weight is 250 g/mol. The number of benzene rings is 1. The molecule has 0 spiro atoms. The maximum atomic E-state index is 5.97. The van der Waals surface area contributed by atoms with Crippen LogP contribution in [0.1, 0.15) is 22.9 Å². The van der Waals surface area contributed by atoms with Crippen molar-refractivity contribution in [2.45, 2.75) is 18.9 Å². The molecule has 1 atom stereocenters. The first-order chi connectivity index (χ1) is 7.83. The minimum atomic E-state index is 0.424. The van der Waals surface area contributed by atoms with E-state index >= 15 is 0 Å². The molecule has 2 heterocycles. The lowest BCUT2D eigenvalue weighted by Gasteiger charge is -2.26. The van der Waals surface area contributed by atoms with Gasteiger partial charge in [0.2, 0.25) is 0 Å². The third-order valence-corrected chi connectivity index (χ3v) is 4.33. The van der Waals surface area contributed by atoms with Crippen molar-refractivity contribution < 1.29 is 0 Å². The Hall–Kier alpha value is -0.990. The van der Waals surface area contributed by atoms with Crippen molar-refractivity contribution in [1.29, 1.82) is 0 Å². The molecule has 0 radical (unpaired) electrons. The van der Waals surface area contributed by atoms with Gasteiger partial charge in [-0.25, -0.2) is 0 Å². The molecular formula is C13H12ClNS. The molecule has 2 aromatic rings. The topological polar surface area (TPSA) is 12.0 Å². The summed E-state index contributed by atoms with van der Waals surface area (Å²) in [7, 11) is 0. The number of aryl methyl sites for hydroxylation is 1. The zero-order chi connectivity index (χ0) is 11.0. The van der Waals surface area contributed by atoms with Crippen LogP contribution in [-0.2, 0) is 6.42 Å². The van der Waals surface area contributed by atoms with Crippen LogP contribution in [0.2, 0.25) is 4.34 Å². The zero-order valence-corrected chi connectivity index (χ0v) is 10.3. The van der Waals surface area contributed by atoms with Crippen molar-refractivity contribution >= 4 is 28.6 Å². The minimum Gasteiger partial charge on any atom is -0.377 e. The predicted octanol–water partition coefficient (Wildman–Crippen LogP) is 4.50. The number of anilines is 1. The summed E-state index contributed by atoms with van der Waals surface area (Å²) in [6.07, 6.45) is 2.29. The van der Waals surface area contributed by atoms with Gasteiger partial charge in [-0.2, -0.15) is 0 Å². The van der Waals surface area contributed by atoms with Crippen molar-refractivity contribution in [3.8, 4) is 0 Å². The monoisotopic (exact) mass is 249 g/mol. The van der Waals surface area contributed by atoms with Crippen molar-refractivity contribution in [2.75, 3.05) is 5.32 Å². The Balaban J connectivity index is 1.88. The van der Waals surface area contributed by atoms with Crippen LogP contribution in [0.3, 0.4) is 0 Å². The lowest BCUT2D eigenvalue weighted by molar-refractivity contribution is 0.678. The van der Waals surface area contributed by atoms with Gasteiger partial charge in [0.05, 0.1) is 10.4 Å². The number of thiophene rings is 1. The Bertz CT molecular complexity index is 506. The standard InChI is InChI=1S/C13H12ClNS/c14-13-8-7-12(16-13)11-6-5-9-3-1-2-4-10(9)15-11/h1-4,7-8,11,15H,5-6H2. The minimum absolute atomic E-state index is 0.424. The lowest BCUT2D eigenvalue weighted by Crippen LogP contribution is -2.16. The molecular weight excluding hydrogens is 238 g/mol. The molecule has 0 aliphatic carbocycles. The zero-order valence-electron chi connectivity index (χ0n) is 8.74. The summed E-state index contributed by atoms with van der Waals surface area (Å²) in [6, 6.07) is 13.0. The van der Waals surface area contributed by atoms with Gasteiger partial charge < -0.3 is 5.32 Å². The quantitative estimate of drug-likeness (QED) is 0.785. The molecule has 16 heavy (non-hydrogen) atoms. The molecule has 1 unspecified atom stereocenters. The van der Waals surface area contributed by atoms with Crippen molar-refractivity contribution in [2.24, 2.45) is 0 Å². The van der Waals surface area contributed by atoms with Gasteiger partial charge >= 0.3 is 0 Å². The smallest absolute Gasteiger partial charge is 0.0932 e. The summed E-state index contributed by atoms with van der Waals surface area (Å²) >= 11 is 7.64. The van der Waals surface area contributed by atoms with Gasteiger partial charge in [-0.15, -0.1) is 11.3 Å². The third kappa shape index (κ3) is 1.83. The summed E-state index contributed by atoms with van der Waals surface area (Å²) in [5, 5.41) is 3.58. The van der Waals surface area contributed by atoms with E-state index in [0.717, 1.165) is 17.2 Å². The fourth-order valence-electron chi connectivity index (χ4n) is 2.17. The van der Waals surface area contributed by atoms with Gasteiger partial charge in [0.1, 0.15) is 0 Å². The molecule has 0 fully saturated rings. The van der Waals surface area contributed by atoms with E-state index < -0.39 is 0 Å². The maximum Gasteiger partial charge on any atom is 0.0932 e. The number of nitrogens with one attached hydrogen (secondary N) is 1. The van der Waals surface area contributed by atoms with Crippen molar-refractivity contribution in [3.05, 3.63) is 51.2 Å². The van der Waals surface area contributed by atoms with Crippen LogP contribution in [0.15, 0.2) is 36.4 Å². The molecule has 0 bridgehead atoms. The van der Waals surface area contributed by atoms with E-state index in [2.05, 4.69) is 35.6 Å². The normalized spacial score (nSPS) is 18.9. The van der Waals surface area contributed by atoms with Crippen LogP contribution >= 0.6 is 22.9 Å². The van der Waals surface area contributed by atoms with E-state index in [0.29, 0.717) is 6.04 Å². The van der Waals surface area contributed by atoms with Crippen LogP contribution in [0.5, 0.6) is 0 Å². The molecule has 1 nitrogen and oxygen atoms in total. The van der Waals surface area contributed by atoms with Gasteiger partial charge in [0.25, 0.3) is 0 Å². The Morgan fingerprint density at radius 2 is 2.06 bits per heavy atom. The number of fused-ring (bicyclic) bond motifs is 1. The molecule has 1 N–H and O–H groups in total. The van der Waals surface area contributed by atoms with Gasteiger partial charge in [-0.1, -0.05) is 29.8 Å². The van der Waals surface area contributed by atoms with E-state index in [1.54, 1.807) is 11.3 Å². The third-order valence-electron chi connectivity index (χ3n) is 2.99. The van der Waals surface area contributed by atoms with Crippen LogP contribution in [0.25, 0.3) is 0 Å². The van der Waals surface area contributed by atoms with Gasteiger partial charge in [0, 0.05) is 10.6 Å². The van der Waals surface area contributed by atoms with E-state index in [-0.39, 0.29) is 0 Å². The largest absolute Gasteiger partial charge is 0.377 e. The van der Waals surface area contributed by atoms with Crippen LogP contribution in [-0.4, -0.2) is 0 Å². The highest BCUT2D eigenvalue weighted by atomic mass is 35.5. The highest BCUT2D eigenvalue weighted by molar-refractivity contribution is 7.16. The number of hydrogen-bond donors (Lipinski definition) is 1. The Morgan fingerprint density at radius 1 is 1.19 bits per heavy atom. The van der Waals surface area contributed by atoms with Crippen LogP contribution in [0.4, 0.5) is 5.69 Å². The number of para-hydroxylation sites is 1. The highest BCUT2D eigenvalue weighted by Crippen LogP contribution is 2.36. The lowest BCUT2D eigenvalue weighted by atomic mass is 9.97. The summed E-state index contributed by atoms with van der Waals surface area (Å²) in [5.41, 5.74) is 2.68. The van der Waals surface area contributed by atoms with Crippen molar-refractivity contribution in [1.82, 2.24) is 0 Å². The SMILES string of the molecule is Clc1ccc(C2CCc3ccccc3N2)s1.